The first-order valence-electron chi connectivity index (χ1n) is 5.11. The molecule has 0 bridgehead atoms. The standard InChI is InChI=1S/C11H19N3/c1-5-10(12-7-3)9-8-14(4)13-11(9)6-2/h5,8,10,12H,1,6-7H2,2-4H3. The van der Waals surface area contributed by atoms with E-state index in [0.717, 1.165) is 18.7 Å². The minimum Gasteiger partial charge on any atom is -0.307 e. The Morgan fingerprint density at radius 2 is 2.36 bits per heavy atom. The molecule has 0 aliphatic rings. The molecule has 1 aromatic rings. The summed E-state index contributed by atoms with van der Waals surface area (Å²) in [5, 5.41) is 7.77. The fraction of sp³-hybridized carbons (Fsp3) is 0.545. The number of hydrogen-bond acceptors (Lipinski definition) is 2. The molecule has 0 spiro atoms. The minimum atomic E-state index is 0.226. The Kier molecular flexibility index (Phi) is 3.89. The lowest BCUT2D eigenvalue weighted by Crippen LogP contribution is -2.19. The maximum Gasteiger partial charge on any atom is 0.0672 e. The molecule has 0 amide bonds. The number of hydrogen-bond donors (Lipinski definition) is 1. The molecule has 1 aromatic heterocycles. The van der Waals surface area contributed by atoms with Gasteiger partial charge >= 0.3 is 0 Å². The van der Waals surface area contributed by atoms with Crippen LogP contribution in [0.5, 0.6) is 0 Å². The van der Waals surface area contributed by atoms with E-state index < -0.39 is 0 Å². The van der Waals surface area contributed by atoms with Gasteiger partial charge in [-0.05, 0) is 13.0 Å². The zero-order chi connectivity index (χ0) is 10.6. The zero-order valence-corrected chi connectivity index (χ0v) is 9.25. The molecule has 0 saturated heterocycles. The highest BCUT2D eigenvalue weighted by atomic mass is 15.3. The van der Waals surface area contributed by atoms with E-state index in [0.29, 0.717) is 0 Å². The molecule has 0 radical (unpaired) electrons. The molecule has 1 atom stereocenters. The van der Waals surface area contributed by atoms with Crippen LogP contribution in [0.15, 0.2) is 18.9 Å². The van der Waals surface area contributed by atoms with Crippen molar-refractivity contribution in [1.82, 2.24) is 15.1 Å². The van der Waals surface area contributed by atoms with Gasteiger partial charge in [0.05, 0.1) is 11.7 Å². The predicted octanol–water partition coefficient (Wildman–Crippen LogP) is 1.82. The van der Waals surface area contributed by atoms with Crippen molar-refractivity contribution in [3.63, 3.8) is 0 Å². The highest BCUT2D eigenvalue weighted by Gasteiger charge is 2.13. The van der Waals surface area contributed by atoms with Gasteiger partial charge in [-0.25, -0.2) is 0 Å². The molecule has 78 valence electrons. The summed E-state index contributed by atoms with van der Waals surface area (Å²) in [6, 6.07) is 0.226. The summed E-state index contributed by atoms with van der Waals surface area (Å²) >= 11 is 0. The maximum absolute atomic E-state index is 4.41. The molecule has 1 unspecified atom stereocenters. The van der Waals surface area contributed by atoms with Crippen LogP contribution in [0.2, 0.25) is 0 Å². The first-order chi connectivity index (χ1) is 6.72. The van der Waals surface area contributed by atoms with Crippen molar-refractivity contribution < 1.29 is 0 Å². The second kappa shape index (κ2) is 4.96. The molecule has 0 fully saturated rings. The van der Waals surface area contributed by atoms with Crippen LogP contribution >= 0.6 is 0 Å². The maximum atomic E-state index is 4.41. The highest BCUT2D eigenvalue weighted by molar-refractivity contribution is 5.24. The monoisotopic (exact) mass is 193 g/mol. The Morgan fingerprint density at radius 3 is 2.86 bits per heavy atom. The Balaban J connectivity index is 2.95. The van der Waals surface area contributed by atoms with E-state index in [1.807, 2.05) is 17.8 Å². The molecule has 0 aromatic carbocycles. The fourth-order valence-electron chi connectivity index (χ4n) is 1.63. The fourth-order valence-corrected chi connectivity index (χ4v) is 1.63. The van der Waals surface area contributed by atoms with E-state index in [-0.39, 0.29) is 6.04 Å². The number of likely N-dealkylation sites (N-methyl/N-ethyl adjacent to an activating group) is 1. The van der Waals surface area contributed by atoms with E-state index in [1.165, 1.54) is 5.56 Å². The third-order valence-corrected chi connectivity index (χ3v) is 2.27. The van der Waals surface area contributed by atoms with Crippen LogP contribution in [0.4, 0.5) is 0 Å². The van der Waals surface area contributed by atoms with Gasteiger partial charge in [0.15, 0.2) is 0 Å². The van der Waals surface area contributed by atoms with Crippen molar-refractivity contribution in [3.8, 4) is 0 Å². The number of aromatic nitrogens is 2. The molecule has 1 N–H and O–H groups in total. The van der Waals surface area contributed by atoms with E-state index in [4.69, 9.17) is 0 Å². The third-order valence-electron chi connectivity index (χ3n) is 2.27. The van der Waals surface area contributed by atoms with E-state index in [9.17, 15) is 0 Å². The minimum absolute atomic E-state index is 0.226. The second-order valence-corrected chi connectivity index (χ2v) is 3.33. The third kappa shape index (κ3) is 2.23. The Labute approximate surface area is 85.8 Å². The van der Waals surface area contributed by atoms with Crippen LogP contribution in [-0.2, 0) is 13.5 Å². The average Bonchev–Trinajstić information content (AvgIpc) is 2.55. The normalized spacial score (nSPS) is 12.8. The molecular weight excluding hydrogens is 174 g/mol. The number of nitrogens with zero attached hydrogens (tertiary/aromatic N) is 2. The molecule has 14 heavy (non-hydrogen) atoms. The number of aryl methyl sites for hydroxylation is 2. The summed E-state index contributed by atoms with van der Waals surface area (Å²) in [4.78, 5) is 0. The summed E-state index contributed by atoms with van der Waals surface area (Å²) in [7, 11) is 1.95. The summed E-state index contributed by atoms with van der Waals surface area (Å²) in [6.45, 7) is 9.00. The Bertz CT molecular complexity index is 301. The van der Waals surface area contributed by atoms with Crippen LogP contribution in [0.3, 0.4) is 0 Å². The van der Waals surface area contributed by atoms with E-state index >= 15 is 0 Å². The second-order valence-electron chi connectivity index (χ2n) is 3.33. The van der Waals surface area contributed by atoms with Gasteiger partial charge in [-0.15, -0.1) is 6.58 Å². The lowest BCUT2D eigenvalue weighted by Gasteiger charge is -2.12. The van der Waals surface area contributed by atoms with Gasteiger partial charge in [-0.2, -0.15) is 5.10 Å². The van der Waals surface area contributed by atoms with Crippen LogP contribution in [0, 0.1) is 0 Å². The molecule has 1 heterocycles. The molecule has 0 saturated carbocycles. The lowest BCUT2D eigenvalue weighted by molar-refractivity contribution is 0.643. The van der Waals surface area contributed by atoms with Crippen LogP contribution in [0.1, 0.15) is 31.1 Å². The topological polar surface area (TPSA) is 29.9 Å². The Hall–Kier alpha value is -1.09. The molecule has 0 aliphatic heterocycles. The van der Waals surface area contributed by atoms with Gasteiger partial charge < -0.3 is 5.32 Å². The van der Waals surface area contributed by atoms with Gasteiger partial charge in [0.25, 0.3) is 0 Å². The van der Waals surface area contributed by atoms with E-state index in [1.54, 1.807) is 0 Å². The summed E-state index contributed by atoms with van der Waals surface area (Å²) in [5.41, 5.74) is 2.39. The number of rotatable bonds is 5. The SMILES string of the molecule is C=CC(NCC)c1cn(C)nc1CC. The quantitative estimate of drug-likeness (QED) is 0.723. The molecule has 1 rings (SSSR count). The van der Waals surface area contributed by atoms with Gasteiger partial charge in [0.1, 0.15) is 0 Å². The molecular formula is C11H19N3. The van der Waals surface area contributed by atoms with Crippen LogP contribution in [-0.4, -0.2) is 16.3 Å². The van der Waals surface area contributed by atoms with Crippen molar-refractivity contribution in [2.45, 2.75) is 26.3 Å². The first kappa shape index (κ1) is 11.0. The molecule has 0 aliphatic carbocycles. The smallest absolute Gasteiger partial charge is 0.0672 e. The van der Waals surface area contributed by atoms with Crippen molar-refractivity contribution in [2.75, 3.05) is 6.54 Å². The van der Waals surface area contributed by atoms with E-state index in [2.05, 4.69) is 37.0 Å². The highest BCUT2D eigenvalue weighted by Crippen LogP contribution is 2.17. The van der Waals surface area contributed by atoms with Crippen LogP contribution in [0.25, 0.3) is 0 Å². The predicted molar refractivity (Wildman–Crippen MR) is 59.2 cm³/mol. The Morgan fingerprint density at radius 1 is 1.64 bits per heavy atom. The van der Waals surface area contributed by atoms with Crippen molar-refractivity contribution in [1.29, 1.82) is 0 Å². The number of nitrogens with one attached hydrogen (secondary N) is 1. The van der Waals surface area contributed by atoms with Crippen molar-refractivity contribution in [2.24, 2.45) is 7.05 Å². The summed E-state index contributed by atoms with van der Waals surface area (Å²) in [5.74, 6) is 0. The van der Waals surface area contributed by atoms with Crippen molar-refractivity contribution in [3.05, 3.63) is 30.1 Å². The zero-order valence-electron chi connectivity index (χ0n) is 9.25. The summed E-state index contributed by atoms with van der Waals surface area (Å²) < 4.78 is 1.86. The molecule has 3 nitrogen and oxygen atoms in total. The first-order valence-corrected chi connectivity index (χ1v) is 5.11. The lowest BCUT2D eigenvalue weighted by atomic mass is 10.1. The van der Waals surface area contributed by atoms with Gasteiger partial charge in [-0.3, -0.25) is 4.68 Å². The molecule has 3 heteroatoms. The average molecular weight is 193 g/mol. The van der Waals surface area contributed by atoms with Crippen molar-refractivity contribution >= 4 is 0 Å². The van der Waals surface area contributed by atoms with Gasteiger partial charge in [-0.1, -0.05) is 19.9 Å². The van der Waals surface area contributed by atoms with Gasteiger partial charge in [0, 0.05) is 18.8 Å². The summed E-state index contributed by atoms with van der Waals surface area (Å²) in [6.07, 6.45) is 4.96. The largest absolute Gasteiger partial charge is 0.307 e. The van der Waals surface area contributed by atoms with Crippen LogP contribution < -0.4 is 5.32 Å². The van der Waals surface area contributed by atoms with Gasteiger partial charge in [0.2, 0.25) is 0 Å².